The highest BCUT2D eigenvalue weighted by molar-refractivity contribution is 7.07. The Hall–Kier alpha value is -0.380. The van der Waals surface area contributed by atoms with Crippen molar-refractivity contribution in [2.45, 2.75) is 58.2 Å². The molecule has 3 rings (SSSR count). The molecule has 2 fully saturated rings. The molecule has 2 unspecified atom stereocenters. The van der Waals surface area contributed by atoms with Crippen LogP contribution in [0.4, 0.5) is 0 Å². The van der Waals surface area contributed by atoms with Crippen molar-refractivity contribution in [3.63, 3.8) is 0 Å². The van der Waals surface area contributed by atoms with Crippen molar-refractivity contribution in [1.82, 2.24) is 10.2 Å². The van der Waals surface area contributed by atoms with Gasteiger partial charge in [0.05, 0.1) is 0 Å². The Balaban J connectivity index is 1.64. The highest BCUT2D eigenvalue weighted by Gasteiger charge is 2.42. The second-order valence-corrected chi connectivity index (χ2v) is 8.13. The predicted octanol–water partition coefficient (Wildman–Crippen LogP) is 3.74. The van der Waals surface area contributed by atoms with E-state index in [0.29, 0.717) is 11.5 Å². The van der Waals surface area contributed by atoms with Crippen molar-refractivity contribution in [3.05, 3.63) is 22.4 Å². The van der Waals surface area contributed by atoms with Crippen molar-refractivity contribution in [1.29, 1.82) is 0 Å². The number of hydrogen-bond acceptors (Lipinski definition) is 3. The first-order valence-corrected chi connectivity index (χ1v) is 8.97. The molecule has 0 radical (unpaired) electrons. The van der Waals surface area contributed by atoms with E-state index in [0.717, 1.165) is 18.5 Å². The molecule has 1 aromatic heterocycles. The Morgan fingerprint density at radius 3 is 2.75 bits per heavy atom. The van der Waals surface area contributed by atoms with Gasteiger partial charge < -0.3 is 5.32 Å². The minimum absolute atomic E-state index is 0.455. The molecule has 0 bridgehead atoms. The SMILES string of the molecule is CNC1C(CN(Cc2ccsc2)C2CC2)CCC1(C)C. The van der Waals surface area contributed by atoms with Crippen LogP contribution in [-0.4, -0.2) is 30.6 Å². The molecule has 0 aliphatic heterocycles. The Morgan fingerprint density at radius 2 is 2.15 bits per heavy atom. The van der Waals surface area contributed by atoms with E-state index in [-0.39, 0.29) is 0 Å². The van der Waals surface area contributed by atoms with Crippen LogP contribution >= 0.6 is 11.3 Å². The third kappa shape index (κ3) is 3.10. The first-order chi connectivity index (χ1) is 9.60. The van der Waals surface area contributed by atoms with Gasteiger partial charge in [-0.3, -0.25) is 4.90 Å². The van der Waals surface area contributed by atoms with Gasteiger partial charge in [0.1, 0.15) is 0 Å². The minimum Gasteiger partial charge on any atom is -0.316 e. The van der Waals surface area contributed by atoms with Gasteiger partial charge in [-0.05, 0) is 66.5 Å². The van der Waals surface area contributed by atoms with Crippen molar-refractivity contribution in [2.24, 2.45) is 11.3 Å². The van der Waals surface area contributed by atoms with Crippen LogP contribution in [0.5, 0.6) is 0 Å². The van der Waals surface area contributed by atoms with E-state index in [1.54, 1.807) is 0 Å². The molecule has 0 saturated heterocycles. The van der Waals surface area contributed by atoms with Crippen LogP contribution in [0, 0.1) is 11.3 Å². The quantitative estimate of drug-likeness (QED) is 0.859. The first-order valence-electron chi connectivity index (χ1n) is 8.02. The Bertz CT molecular complexity index is 422. The molecule has 2 saturated carbocycles. The van der Waals surface area contributed by atoms with Crippen molar-refractivity contribution in [2.75, 3.05) is 13.6 Å². The summed E-state index contributed by atoms with van der Waals surface area (Å²) in [4.78, 5) is 2.75. The van der Waals surface area contributed by atoms with Crippen LogP contribution in [0.25, 0.3) is 0 Å². The largest absolute Gasteiger partial charge is 0.316 e. The number of rotatable bonds is 6. The third-order valence-electron chi connectivity index (χ3n) is 5.28. The molecule has 0 aromatic carbocycles. The van der Waals surface area contributed by atoms with E-state index in [1.165, 1.54) is 37.8 Å². The van der Waals surface area contributed by atoms with Gasteiger partial charge in [-0.15, -0.1) is 0 Å². The average molecular weight is 292 g/mol. The van der Waals surface area contributed by atoms with Gasteiger partial charge in [0, 0.05) is 25.2 Å². The zero-order valence-electron chi connectivity index (χ0n) is 13.1. The van der Waals surface area contributed by atoms with E-state index in [2.05, 4.69) is 47.9 Å². The third-order valence-corrected chi connectivity index (χ3v) is 6.01. The van der Waals surface area contributed by atoms with Gasteiger partial charge in [-0.2, -0.15) is 11.3 Å². The normalized spacial score (nSPS) is 29.2. The van der Waals surface area contributed by atoms with Crippen LogP contribution in [-0.2, 0) is 6.54 Å². The molecule has 2 aliphatic rings. The minimum atomic E-state index is 0.455. The smallest absolute Gasteiger partial charge is 0.0245 e. The summed E-state index contributed by atoms with van der Waals surface area (Å²) in [5, 5.41) is 8.12. The number of nitrogens with zero attached hydrogens (tertiary/aromatic N) is 1. The lowest BCUT2D eigenvalue weighted by atomic mass is 9.85. The zero-order chi connectivity index (χ0) is 14.2. The van der Waals surface area contributed by atoms with E-state index < -0.39 is 0 Å². The van der Waals surface area contributed by atoms with Crippen LogP contribution in [0.1, 0.15) is 45.1 Å². The fraction of sp³-hybridized carbons (Fsp3) is 0.765. The molecule has 112 valence electrons. The van der Waals surface area contributed by atoms with E-state index in [9.17, 15) is 0 Å². The molecule has 20 heavy (non-hydrogen) atoms. The molecule has 1 aromatic rings. The molecule has 0 amide bonds. The highest BCUT2D eigenvalue weighted by Crippen LogP contribution is 2.42. The maximum absolute atomic E-state index is 3.60. The molecule has 2 atom stereocenters. The van der Waals surface area contributed by atoms with Gasteiger partial charge in [-0.25, -0.2) is 0 Å². The van der Waals surface area contributed by atoms with Crippen LogP contribution < -0.4 is 5.32 Å². The molecule has 2 nitrogen and oxygen atoms in total. The average Bonchev–Trinajstić information content (AvgIpc) is 3.05. The van der Waals surface area contributed by atoms with Gasteiger partial charge in [0.2, 0.25) is 0 Å². The highest BCUT2D eigenvalue weighted by atomic mass is 32.1. The van der Waals surface area contributed by atoms with E-state index >= 15 is 0 Å². The summed E-state index contributed by atoms with van der Waals surface area (Å²) < 4.78 is 0. The molecular weight excluding hydrogens is 264 g/mol. The maximum Gasteiger partial charge on any atom is 0.0245 e. The van der Waals surface area contributed by atoms with Gasteiger partial charge >= 0.3 is 0 Å². The Morgan fingerprint density at radius 1 is 1.35 bits per heavy atom. The lowest BCUT2D eigenvalue weighted by molar-refractivity contribution is 0.176. The van der Waals surface area contributed by atoms with Gasteiger partial charge in [0.15, 0.2) is 0 Å². The maximum atomic E-state index is 3.60. The number of nitrogens with one attached hydrogen (secondary N) is 1. The van der Waals surface area contributed by atoms with Gasteiger partial charge in [-0.1, -0.05) is 13.8 Å². The molecule has 3 heteroatoms. The summed E-state index contributed by atoms with van der Waals surface area (Å²) in [7, 11) is 2.14. The summed E-state index contributed by atoms with van der Waals surface area (Å²) in [6, 6.07) is 3.82. The van der Waals surface area contributed by atoms with E-state index in [1.807, 2.05) is 11.3 Å². The number of hydrogen-bond donors (Lipinski definition) is 1. The zero-order valence-corrected chi connectivity index (χ0v) is 13.9. The summed E-state index contributed by atoms with van der Waals surface area (Å²) in [6.45, 7) is 7.28. The second kappa shape index (κ2) is 5.78. The predicted molar refractivity (Wildman–Crippen MR) is 87.1 cm³/mol. The Kier molecular flexibility index (Phi) is 4.21. The fourth-order valence-electron chi connectivity index (χ4n) is 4.04. The van der Waals surface area contributed by atoms with Crippen LogP contribution in [0.2, 0.25) is 0 Å². The van der Waals surface area contributed by atoms with Crippen molar-refractivity contribution < 1.29 is 0 Å². The molecule has 1 heterocycles. The molecular formula is C17H28N2S. The topological polar surface area (TPSA) is 15.3 Å². The summed E-state index contributed by atoms with van der Waals surface area (Å²) >= 11 is 1.82. The number of thiophene rings is 1. The summed E-state index contributed by atoms with van der Waals surface area (Å²) in [5.74, 6) is 0.814. The lowest BCUT2D eigenvalue weighted by Crippen LogP contribution is -2.44. The molecule has 2 aliphatic carbocycles. The summed E-state index contributed by atoms with van der Waals surface area (Å²) in [6.07, 6.45) is 5.56. The monoisotopic (exact) mass is 292 g/mol. The van der Waals surface area contributed by atoms with Crippen LogP contribution in [0.15, 0.2) is 16.8 Å². The molecule has 0 spiro atoms. The van der Waals surface area contributed by atoms with Gasteiger partial charge in [0.25, 0.3) is 0 Å². The van der Waals surface area contributed by atoms with Crippen LogP contribution in [0.3, 0.4) is 0 Å². The lowest BCUT2D eigenvalue weighted by Gasteiger charge is -2.33. The van der Waals surface area contributed by atoms with E-state index in [4.69, 9.17) is 0 Å². The Labute approximate surface area is 127 Å². The van der Waals surface area contributed by atoms with Crippen molar-refractivity contribution >= 4 is 11.3 Å². The van der Waals surface area contributed by atoms with Crippen molar-refractivity contribution in [3.8, 4) is 0 Å². The first kappa shape index (κ1) is 14.6. The second-order valence-electron chi connectivity index (χ2n) is 7.35. The fourth-order valence-corrected chi connectivity index (χ4v) is 4.70. The summed E-state index contributed by atoms with van der Waals surface area (Å²) in [5.41, 5.74) is 1.96. The standard InChI is InChI=1S/C17H28N2S/c1-17(2)8-6-14(16(17)18-3)11-19(15-4-5-15)10-13-7-9-20-12-13/h7,9,12,14-16,18H,4-6,8,10-11H2,1-3H3. The molecule has 1 N–H and O–H groups in total.